The van der Waals surface area contributed by atoms with E-state index in [0.717, 1.165) is 0 Å². The molecule has 114 valence electrons. The van der Waals surface area contributed by atoms with Crippen LogP contribution in [-0.4, -0.2) is 29.7 Å². The number of rotatable bonds is 7. The van der Waals surface area contributed by atoms with Crippen LogP contribution in [0.1, 0.15) is 12.8 Å². The Balaban J connectivity index is 2.28. The number of carbonyl (C=O) groups excluding carboxylic acids is 1. The number of ether oxygens (including phenoxy) is 1. The van der Waals surface area contributed by atoms with Crippen molar-refractivity contribution in [2.75, 3.05) is 19.1 Å². The normalized spacial score (nSPS) is 9.57. The number of methoxy groups -OCH3 is 1. The van der Waals surface area contributed by atoms with Gasteiger partial charge in [-0.25, -0.2) is 0 Å². The molecule has 1 aromatic carbocycles. The first kappa shape index (κ1) is 16.6. The number of nitro benzene ring substituents is 1. The summed E-state index contributed by atoms with van der Waals surface area (Å²) in [4.78, 5) is 21.0. The third-order valence-corrected chi connectivity index (χ3v) is 2.69. The lowest BCUT2D eigenvalue weighted by Crippen LogP contribution is -2.39. The van der Waals surface area contributed by atoms with Gasteiger partial charge in [-0.2, -0.15) is 0 Å². The summed E-state index contributed by atoms with van der Waals surface area (Å²) in [5.74, 6) is -0.273. The van der Waals surface area contributed by atoms with Crippen LogP contribution in [0.2, 0.25) is 0 Å². The van der Waals surface area contributed by atoms with Crippen molar-refractivity contribution in [3.8, 4) is 0 Å². The molecule has 9 heteroatoms. The number of hydrogen-bond donors (Lipinski definition) is 3. The molecule has 0 amide bonds. The van der Waals surface area contributed by atoms with Crippen molar-refractivity contribution < 1.29 is 14.5 Å². The summed E-state index contributed by atoms with van der Waals surface area (Å²) in [6.07, 6.45) is 0.899. The lowest BCUT2D eigenvalue weighted by molar-refractivity contribution is -0.384. The van der Waals surface area contributed by atoms with E-state index in [0.29, 0.717) is 30.2 Å². The van der Waals surface area contributed by atoms with Crippen molar-refractivity contribution in [2.45, 2.75) is 12.8 Å². The van der Waals surface area contributed by atoms with Gasteiger partial charge >= 0.3 is 5.97 Å². The molecule has 0 spiro atoms. The number of nitro groups is 1. The molecule has 3 N–H and O–H groups in total. The number of thiocarbonyl (C=S) groups is 1. The van der Waals surface area contributed by atoms with Crippen molar-refractivity contribution in [1.29, 1.82) is 0 Å². The number of esters is 1. The molecule has 8 nitrogen and oxygen atoms in total. The minimum atomic E-state index is -0.478. The molecule has 0 bridgehead atoms. The third-order valence-electron chi connectivity index (χ3n) is 2.45. The van der Waals surface area contributed by atoms with Gasteiger partial charge in [0.25, 0.3) is 5.69 Å². The highest BCUT2D eigenvalue weighted by molar-refractivity contribution is 7.80. The molecule has 1 aromatic rings. The Kier molecular flexibility index (Phi) is 6.88. The number of anilines is 1. The Morgan fingerprint density at radius 1 is 1.48 bits per heavy atom. The first-order valence-corrected chi connectivity index (χ1v) is 6.55. The monoisotopic (exact) mass is 312 g/mol. The quantitative estimate of drug-likeness (QED) is 0.228. The summed E-state index contributed by atoms with van der Waals surface area (Å²) in [7, 11) is 1.34. The molecule has 0 unspecified atom stereocenters. The minimum Gasteiger partial charge on any atom is -0.469 e. The van der Waals surface area contributed by atoms with E-state index in [4.69, 9.17) is 12.2 Å². The summed E-state index contributed by atoms with van der Waals surface area (Å²) >= 11 is 5.01. The molecule has 0 saturated carbocycles. The summed E-state index contributed by atoms with van der Waals surface area (Å²) < 4.78 is 4.51. The van der Waals surface area contributed by atoms with Gasteiger partial charge in [-0.05, 0) is 24.7 Å². The maximum atomic E-state index is 10.9. The summed E-state index contributed by atoms with van der Waals surface area (Å²) in [5, 5.41) is 13.8. The van der Waals surface area contributed by atoms with Crippen LogP contribution in [0, 0.1) is 10.1 Å². The Morgan fingerprint density at radius 2 is 2.24 bits per heavy atom. The Morgan fingerprint density at radius 3 is 2.90 bits per heavy atom. The highest BCUT2D eigenvalue weighted by Crippen LogP contribution is 2.15. The molecule has 0 aromatic heterocycles. The second-order valence-corrected chi connectivity index (χ2v) is 4.40. The largest absolute Gasteiger partial charge is 0.469 e. The van der Waals surface area contributed by atoms with Gasteiger partial charge < -0.3 is 10.1 Å². The average molecular weight is 312 g/mol. The first-order valence-electron chi connectivity index (χ1n) is 6.14. The zero-order chi connectivity index (χ0) is 15.7. The SMILES string of the molecule is COC(=O)CCCNC(=S)NNc1cccc([N+](=O)[O-])c1. The van der Waals surface area contributed by atoms with Crippen LogP contribution in [0.4, 0.5) is 11.4 Å². The topological polar surface area (TPSA) is 106 Å². The van der Waals surface area contributed by atoms with Crippen molar-refractivity contribution in [1.82, 2.24) is 10.7 Å². The fraction of sp³-hybridized carbons (Fsp3) is 0.333. The molecule has 0 aliphatic carbocycles. The van der Waals surface area contributed by atoms with E-state index in [1.165, 1.54) is 19.2 Å². The highest BCUT2D eigenvalue weighted by atomic mass is 32.1. The van der Waals surface area contributed by atoms with E-state index in [-0.39, 0.29) is 11.7 Å². The molecule has 0 heterocycles. The molecule has 21 heavy (non-hydrogen) atoms. The number of nitrogens with one attached hydrogen (secondary N) is 3. The number of hydrogen-bond acceptors (Lipinski definition) is 6. The van der Waals surface area contributed by atoms with Crippen LogP contribution in [0.5, 0.6) is 0 Å². The standard InChI is InChI=1S/C12H16N4O4S/c1-20-11(17)6-3-7-13-12(21)15-14-9-4-2-5-10(8-9)16(18)19/h2,4-5,8,14H,3,6-7H2,1H3,(H2,13,15,21). The van der Waals surface area contributed by atoms with Gasteiger partial charge in [0.2, 0.25) is 0 Å². The second kappa shape index (κ2) is 8.69. The Labute approximate surface area is 127 Å². The van der Waals surface area contributed by atoms with Crippen molar-refractivity contribution in [2.24, 2.45) is 0 Å². The number of hydrazine groups is 1. The lowest BCUT2D eigenvalue weighted by atomic mass is 10.3. The smallest absolute Gasteiger partial charge is 0.305 e. The van der Waals surface area contributed by atoms with Gasteiger partial charge in [-0.1, -0.05) is 6.07 Å². The molecular formula is C12H16N4O4S. The van der Waals surface area contributed by atoms with Gasteiger partial charge in [0.1, 0.15) is 0 Å². The first-order chi connectivity index (χ1) is 10.0. The predicted octanol–water partition coefficient (Wildman–Crippen LogP) is 1.34. The maximum absolute atomic E-state index is 10.9. The summed E-state index contributed by atoms with van der Waals surface area (Å²) in [6.45, 7) is 0.511. The van der Waals surface area contributed by atoms with Crippen molar-refractivity contribution in [3.05, 3.63) is 34.4 Å². The second-order valence-electron chi connectivity index (χ2n) is 3.99. The van der Waals surface area contributed by atoms with Crippen molar-refractivity contribution in [3.63, 3.8) is 0 Å². The molecule has 0 saturated heterocycles. The van der Waals surface area contributed by atoms with E-state index < -0.39 is 4.92 Å². The number of nitrogens with zero attached hydrogens (tertiary/aromatic N) is 1. The average Bonchev–Trinajstić information content (AvgIpc) is 2.49. The van der Waals surface area contributed by atoms with Crippen LogP contribution >= 0.6 is 12.2 Å². The molecule has 0 aliphatic rings. The summed E-state index contributed by atoms with van der Waals surface area (Å²) in [5.41, 5.74) is 5.95. The van der Waals surface area contributed by atoms with E-state index >= 15 is 0 Å². The summed E-state index contributed by atoms with van der Waals surface area (Å²) in [6, 6.07) is 6.01. The molecule has 0 radical (unpaired) electrons. The zero-order valence-electron chi connectivity index (χ0n) is 11.4. The predicted molar refractivity (Wildman–Crippen MR) is 81.7 cm³/mol. The van der Waals surface area contributed by atoms with E-state index in [9.17, 15) is 14.9 Å². The third kappa shape index (κ3) is 6.52. The van der Waals surface area contributed by atoms with Gasteiger partial charge in [0.15, 0.2) is 5.11 Å². The molecule has 0 fully saturated rings. The van der Waals surface area contributed by atoms with Crippen LogP contribution in [-0.2, 0) is 9.53 Å². The van der Waals surface area contributed by atoms with E-state index in [1.54, 1.807) is 12.1 Å². The van der Waals surface area contributed by atoms with Gasteiger partial charge in [-0.3, -0.25) is 25.8 Å². The molecular weight excluding hydrogens is 296 g/mol. The Hall–Kier alpha value is -2.42. The fourth-order valence-corrected chi connectivity index (χ4v) is 1.56. The maximum Gasteiger partial charge on any atom is 0.305 e. The highest BCUT2D eigenvalue weighted by Gasteiger charge is 2.05. The molecule has 1 rings (SSSR count). The number of carbonyl (C=O) groups is 1. The molecule has 0 atom stereocenters. The van der Waals surface area contributed by atoms with Gasteiger partial charge in [0, 0.05) is 25.1 Å². The lowest BCUT2D eigenvalue weighted by Gasteiger charge is -2.12. The fourth-order valence-electron chi connectivity index (χ4n) is 1.41. The zero-order valence-corrected chi connectivity index (χ0v) is 12.2. The molecule has 0 aliphatic heterocycles. The van der Waals surface area contributed by atoms with E-state index in [2.05, 4.69) is 20.9 Å². The van der Waals surface area contributed by atoms with Gasteiger partial charge in [0.05, 0.1) is 17.7 Å². The van der Waals surface area contributed by atoms with Crippen LogP contribution in [0.25, 0.3) is 0 Å². The minimum absolute atomic E-state index is 0.0150. The Bertz CT molecular complexity index is 524. The van der Waals surface area contributed by atoms with Crippen LogP contribution in [0.15, 0.2) is 24.3 Å². The van der Waals surface area contributed by atoms with E-state index in [1.807, 2.05) is 0 Å². The number of non-ortho nitro benzene ring substituents is 1. The number of benzene rings is 1. The van der Waals surface area contributed by atoms with Crippen molar-refractivity contribution >= 4 is 34.7 Å². The van der Waals surface area contributed by atoms with Crippen LogP contribution < -0.4 is 16.2 Å². The van der Waals surface area contributed by atoms with Gasteiger partial charge in [-0.15, -0.1) is 0 Å². The van der Waals surface area contributed by atoms with Crippen LogP contribution in [0.3, 0.4) is 0 Å².